The summed E-state index contributed by atoms with van der Waals surface area (Å²) in [6.07, 6.45) is 1.10. The lowest BCUT2D eigenvalue weighted by atomic mass is 9.86. The van der Waals surface area contributed by atoms with Crippen LogP contribution in [0, 0.1) is 0 Å². The van der Waals surface area contributed by atoms with Crippen LogP contribution in [0.1, 0.15) is 39.7 Å². The summed E-state index contributed by atoms with van der Waals surface area (Å²) in [5.41, 5.74) is 3.77. The molecule has 2 rings (SSSR count). The maximum atomic E-state index is 4.27. The predicted octanol–water partition coefficient (Wildman–Crippen LogP) is 4.20. The molecular weight excluding hydrogens is 234 g/mol. The van der Waals surface area contributed by atoms with Crippen molar-refractivity contribution in [2.75, 3.05) is 11.9 Å². The molecule has 0 bridgehead atoms. The van der Waals surface area contributed by atoms with Crippen molar-refractivity contribution in [1.82, 2.24) is 10.2 Å². The highest BCUT2D eigenvalue weighted by Crippen LogP contribution is 2.26. The van der Waals surface area contributed by atoms with Crippen LogP contribution in [0.4, 0.5) is 5.82 Å². The highest BCUT2D eigenvalue weighted by molar-refractivity contribution is 5.63. The average Bonchev–Trinajstić information content (AvgIpc) is 2.84. The molecule has 2 aromatic rings. The molecule has 0 amide bonds. The Labute approximate surface area is 115 Å². The molecule has 0 fully saturated rings. The first-order valence-corrected chi connectivity index (χ1v) is 6.91. The molecule has 0 radical (unpaired) electrons. The van der Waals surface area contributed by atoms with Crippen LogP contribution in [0.15, 0.2) is 30.3 Å². The minimum atomic E-state index is 0.195. The number of benzene rings is 1. The van der Waals surface area contributed by atoms with Gasteiger partial charge in [-0.25, -0.2) is 0 Å². The van der Waals surface area contributed by atoms with Crippen LogP contribution < -0.4 is 5.32 Å². The first-order chi connectivity index (χ1) is 9.00. The first kappa shape index (κ1) is 13.7. The van der Waals surface area contributed by atoms with Gasteiger partial charge < -0.3 is 5.32 Å². The van der Waals surface area contributed by atoms with Crippen molar-refractivity contribution in [3.63, 3.8) is 0 Å². The van der Waals surface area contributed by atoms with Gasteiger partial charge in [0.2, 0.25) is 0 Å². The Balaban J connectivity index is 2.16. The maximum Gasteiger partial charge on any atom is 0.148 e. The monoisotopic (exact) mass is 257 g/mol. The number of aromatic nitrogens is 2. The Kier molecular flexibility index (Phi) is 3.93. The van der Waals surface area contributed by atoms with Gasteiger partial charge in [-0.15, -0.1) is 0 Å². The molecule has 3 heteroatoms. The Morgan fingerprint density at radius 1 is 1.16 bits per heavy atom. The zero-order valence-electron chi connectivity index (χ0n) is 12.2. The smallest absolute Gasteiger partial charge is 0.148 e. The van der Waals surface area contributed by atoms with E-state index in [1.807, 2.05) is 0 Å². The SMILES string of the molecule is CCCNc1cc(-c2ccc(C(C)(C)C)cc2)[nH]n1. The second kappa shape index (κ2) is 5.47. The van der Waals surface area contributed by atoms with Crippen molar-refractivity contribution >= 4 is 5.82 Å². The molecule has 102 valence electrons. The Bertz CT molecular complexity index is 518. The predicted molar refractivity (Wildman–Crippen MR) is 81.5 cm³/mol. The van der Waals surface area contributed by atoms with Crippen molar-refractivity contribution in [2.24, 2.45) is 0 Å². The van der Waals surface area contributed by atoms with Crippen LogP contribution in [0.5, 0.6) is 0 Å². The van der Waals surface area contributed by atoms with E-state index in [1.54, 1.807) is 0 Å². The van der Waals surface area contributed by atoms with E-state index in [9.17, 15) is 0 Å². The van der Waals surface area contributed by atoms with Crippen LogP contribution in [0.3, 0.4) is 0 Å². The average molecular weight is 257 g/mol. The molecule has 0 aliphatic carbocycles. The second-order valence-electron chi connectivity index (χ2n) is 5.92. The zero-order valence-corrected chi connectivity index (χ0v) is 12.2. The van der Waals surface area contributed by atoms with E-state index in [4.69, 9.17) is 0 Å². The lowest BCUT2D eigenvalue weighted by Gasteiger charge is -2.18. The number of rotatable bonds is 4. The maximum absolute atomic E-state index is 4.27. The van der Waals surface area contributed by atoms with Crippen LogP contribution in [-0.4, -0.2) is 16.7 Å². The van der Waals surface area contributed by atoms with E-state index < -0.39 is 0 Å². The quantitative estimate of drug-likeness (QED) is 0.862. The second-order valence-corrected chi connectivity index (χ2v) is 5.92. The number of nitrogens with zero attached hydrogens (tertiary/aromatic N) is 1. The summed E-state index contributed by atoms with van der Waals surface area (Å²) in [7, 11) is 0. The summed E-state index contributed by atoms with van der Waals surface area (Å²) in [5.74, 6) is 0.914. The molecule has 3 nitrogen and oxygen atoms in total. The molecule has 0 aliphatic rings. The van der Waals surface area contributed by atoms with Crippen LogP contribution in [0.2, 0.25) is 0 Å². The molecule has 1 heterocycles. The van der Waals surface area contributed by atoms with Crippen molar-refractivity contribution in [2.45, 2.75) is 39.5 Å². The molecule has 0 spiro atoms. The summed E-state index contributed by atoms with van der Waals surface area (Å²) >= 11 is 0. The highest BCUT2D eigenvalue weighted by atomic mass is 15.2. The number of anilines is 1. The van der Waals surface area contributed by atoms with Gasteiger partial charge in [-0.05, 0) is 23.0 Å². The molecule has 0 atom stereocenters. The standard InChI is InChI=1S/C16H23N3/c1-5-10-17-15-11-14(18-19-15)12-6-8-13(9-7-12)16(2,3)4/h6-9,11H,5,10H2,1-4H3,(H2,17,18,19). The van der Waals surface area contributed by atoms with Gasteiger partial charge in [0.1, 0.15) is 5.82 Å². The van der Waals surface area contributed by atoms with Crippen LogP contribution in [-0.2, 0) is 5.41 Å². The fourth-order valence-corrected chi connectivity index (χ4v) is 1.96. The minimum Gasteiger partial charge on any atom is -0.369 e. The highest BCUT2D eigenvalue weighted by Gasteiger charge is 2.13. The van der Waals surface area contributed by atoms with E-state index in [2.05, 4.69) is 73.5 Å². The van der Waals surface area contributed by atoms with Gasteiger partial charge in [0.25, 0.3) is 0 Å². The fourth-order valence-electron chi connectivity index (χ4n) is 1.96. The number of nitrogens with one attached hydrogen (secondary N) is 2. The molecule has 0 unspecified atom stereocenters. The van der Waals surface area contributed by atoms with Gasteiger partial charge in [-0.3, -0.25) is 5.10 Å². The fraction of sp³-hybridized carbons (Fsp3) is 0.438. The van der Waals surface area contributed by atoms with E-state index in [0.29, 0.717) is 0 Å². The molecular formula is C16H23N3. The third-order valence-electron chi connectivity index (χ3n) is 3.20. The zero-order chi connectivity index (χ0) is 13.9. The van der Waals surface area contributed by atoms with Gasteiger partial charge in [-0.1, -0.05) is 52.0 Å². The molecule has 2 N–H and O–H groups in total. The molecule has 1 aromatic heterocycles. The molecule has 0 aliphatic heterocycles. The molecule has 0 saturated carbocycles. The summed E-state index contributed by atoms with van der Waals surface area (Å²) in [5, 5.41) is 10.6. The number of hydrogen-bond donors (Lipinski definition) is 2. The van der Waals surface area contributed by atoms with E-state index >= 15 is 0 Å². The van der Waals surface area contributed by atoms with Crippen molar-refractivity contribution in [1.29, 1.82) is 0 Å². The number of H-pyrrole nitrogens is 1. The topological polar surface area (TPSA) is 40.7 Å². The van der Waals surface area contributed by atoms with Crippen molar-refractivity contribution < 1.29 is 0 Å². The Hall–Kier alpha value is -1.77. The molecule has 0 saturated heterocycles. The first-order valence-electron chi connectivity index (χ1n) is 6.91. The van der Waals surface area contributed by atoms with Crippen molar-refractivity contribution in [3.05, 3.63) is 35.9 Å². The third kappa shape index (κ3) is 3.37. The van der Waals surface area contributed by atoms with E-state index in [1.165, 1.54) is 11.1 Å². The van der Waals surface area contributed by atoms with Crippen LogP contribution >= 0.6 is 0 Å². The molecule has 19 heavy (non-hydrogen) atoms. The van der Waals surface area contributed by atoms with Gasteiger partial charge in [-0.2, -0.15) is 5.10 Å². The Morgan fingerprint density at radius 3 is 2.42 bits per heavy atom. The number of aromatic amines is 1. The molecule has 1 aromatic carbocycles. The summed E-state index contributed by atoms with van der Waals surface area (Å²) in [4.78, 5) is 0. The third-order valence-corrected chi connectivity index (χ3v) is 3.20. The Morgan fingerprint density at radius 2 is 1.84 bits per heavy atom. The lowest BCUT2D eigenvalue weighted by molar-refractivity contribution is 0.590. The van der Waals surface area contributed by atoms with Crippen LogP contribution in [0.25, 0.3) is 11.3 Å². The van der Waals surface area contributed by atoms with Crippen molar-refractivity contribution in [3.8, 4) is 11.3 Å². The lowest BCUT2D eigenvalue weighted by Crippen LogP contribution is -2.10. The summed E-state index contributed by atoms with van der Waals surface area (Å²) < 4.78 is 0. The van der Waals surface area contributed by atoms with E-state index in [-0.39, 0.29) is 5.41 Å². The van der Waals surface area contributed by atoms with Gasteiger partial charge in [0, 0.05) is 12.6 Å². The minimum absolute atomic E-state index is 0.195. The number of hydrogen-bond acceptors (Lipinski definition) is 2. The van der Waals surface area contributed by atoms with Gasteiger partial charge >= 0.3 is 0 Å². The largest absolute Gasteiger partial charge is 0.369 e. The van der Waals surface area contributed by atoms with Gasteiger partial charge in [0.15, 0.2) is 0 Å². The normalized spacial score (nSPS) is 11.6. The van der Waals surface area contributed by atoms with Gasteiger partial charge in [0.05, 0.1) is 5.69 Å². The summed E-state index contributed by atoms with van der Waals surface area (Å²) in [6, 6.07) is 10.7. The summed E-state index contributed by atoms with van der Waals surface area (Å²) in [6.45, 7) is 9.78. The van der Waals surface area contributed by atoms with E-state index in [0.717, 1.165) is 24.5 Å².